The summed E-state index contributed by atoms with van der Waals surface area (Å²) in [5.41, 5.74) is 7.14. The van der Waals surface area contributed by atoms with Gasteiger partial charge in [-0.25, -0.2) is 0 Å². The predicted molar refractivity (Wildman–Crippen MR) is 64.2 cm³/mol. The summed E-state index contributed by atoms with van der Waals surface area (Å²) in [5.74, 6) is 0. The molecular formula is C9H10BrClN4. The van der Waals surface area contributed by atoms with E-state index in [9.17, 15) is 0 Å². The largest absolute Gasteiger partial charge is 0.325 e. The van der Waals surface area contributed by atoms with Crippen LogP contribution in [0.1, 0.15) is 5.69 Å². The predicted octanol–water partition coefficient (Wildman–Crippen LogP) is 1.91. The van der Waals surface area contributed by atoms with E-state index in [1.807, 2.05) is 24.3 Å². The van der Waals surface area contributed by atoms with E-state index in [0.29, 0.717) is 6.54 Å². The molecule has 0 spiro atoms. The van der Waals surface area contributed by atoms with Gasteiger partial charge >= 0.3 is 0 Å². The second-order valence-corrected chi connectivity index (χ2v) is 3.73. The summed E-state index contributed by atoms with van der Waals surface area (Å²) in [5, 5.41) is 8.30. The van der Waals surface area contributed by atoms with Gasteiger partial charge in [-0.05, 0) is 18.2 Å². The average Bonchev–Trinajstić information content (AvgIpc) is 2.66. The third-order valence-electron chi connectivity index (χ3n) is 1.79. The zero-order chi connectivity index (χ0) is 9.97. The lowest BCUT2D eigenvalue weighted by molar-refractivity contribution is 0.737. The fourth-order valence-electron chi connectivity index (χ4n) is 1.11. The van der Waals surface area contributed by atoms with Crippen molar-refractivity contribution in [1.29, 1.82) is 0 Å². The highest BCUT2D eigenvalue weighted by atomic mass is 79.9. The molecule has 0 fully saturated rings. The molecule has 15 heavy (non-hydrogen) atoms. The molecule has 1 aromatic carbocycles. The zero-order valence-electron chi connectivity index (χ0n) is 7.80. The summed E-state index contributed by atoms with van der Waals surface area (Å²) in [6, 6.07) is 7.77. The Kier molecular flexibility index (Phi) is 4.26. The standard InChI is InChI=1S/C9H9BrN4.ClH/c10-7-2-1-3-9(4-7)14-12-6-8(5-11)13-14;/h1-4,6H,5,11H2;1H. The summed E-state index contributed by atoms with van der Waals surface area (Å²) in [6.45, 7) is 0.411. The number of hydrogen-bond acceptors (Lipinski definition) is 3. The Hall–Kier alpha value is -0.910. The molecule has 0 unspecified atom stereocenters. The van der Waals surface area contributed by atoms with E-state index in [1.54, 1.807) is 11.0 Å². The van der Waals surface area contributed by atoms with E-state index < -0.39 is 0 Å². The van der Waals surface area contributed by atoms with Gasteiger partial charge in [0.2, 0.25) is 0 Å². The second kappa shape index (κ2) is 5.25. The van der Waals surface area contributed by atoms with Crippen LogP contribution in [0, 0.1) is 0 Å². The summed E-state index contributed by atoms with van der Waals surface area (Å²) >= 11 is 3.39. The molecule has 0 aliphatic heterocycles. The highest BCUT2D eigenvalue weighted by molar-refractivity contribution is 9.10. The van der Waals surface area contributed by atoms with Crippen LogP contribution in [0.25, 0.3) is 5.69 Å². The minimum absolute atomic E-state index is 0. The molecule has 80 valence electrons. The van der Waals surface area contributed by atoms with Crippen molar-refractivity contribution in [3.8, 4) is 5.69 Å². The van der Waals surface area contributed by atoms with Crippen molar-refractivity contribution in [1.82, 2.24) is 15.0 Å². The van der Waals surface area contributed by atoms with Crippen LogP contribution in [0.15, 0.2) is 34.9 Å². The molecule has 0 atom stereocenters. The van der Waals surface area contributed by atoms with Crippen LogP contribution in [0.5, 0.6) is 0 Å². The highest BCUT2D eigenvalue weighted by Gasteiger charge is 2.00. The lowest BCUT2D eigenvalue weighted by Gasteiger charge is -1.98. The van der Waals surface area contributed by atoms with E-state index in [0.717, 1.165) is 15.9 Å². The molecular weight excluding hydrogens is 279 g/mol. The van der Waals surface area contributed by atoms with Crippen LogP contribution in [-0.4, -0.2) is 15.0 Å². The maximum absolute atomic E-state index is 5.45. The van der Waals surface area contributed by atoms with Crippen molar-refractivity contribution in [2.24, 2.45) is 5.73 Å². The number of benzene rings is 1. The maximum atomic E-state index is 5.45. The smallest absolute Gasteiger partial charge is 0.0967 e. The Bertz CT molecular complexity index is 443. The first kappa shape index (κ1) is 12.2. The average molecular weight is 290 g/mol. The fourth-order valence-corrected chi connectivity index (χ4v) is 1.50. The van der Waals surface area contributed by atoms with E-state index in [1.165, 1.54) is 0 Å². The minimum atomic E-state index is 0. The molecule has 0 aliphatic rings. The van der Waals surface area contributed by atoms with E-state index in [-0.39, 0.29) is 12.4 Å². The Labute approximate surface area is 102 Å². The first-order valence-corrected chi connectivity index (χ1v) is 4.96. The third kappa shape index (κ3) is 2.77. The SMILES string of the molecule is Cl.NCc1cnn(-c2cccc(Br)c2)n1. The third-order valence-corrected chi connectivity index (χ3v) is 2.28. The van der Waals surface area contributed by atoms with Crippen molar-refractivity contribution in [3.05, 3.63) is 40.6 Å². The second-order valence-electron chi connectivity index (χ2n) is 2.81. The summed E-state index contributed by atoms with van der Waals surface area (Å²) in [4.78, 5) is 1.56. The van der Waals surface area contributed by atoms with Crippen molar-refractivity contribution < 1.29 is 0 Å². The lowest BCUT2D eigenvalue weighted by Crippen LogP contribution is -2.01. The van der Waals surface area contributed by atoms with Gasteiger partial charge in [-0.1, -0.05) is 22.0 Å². The number of nitrogens with two attached hydrogens (primary N) is 1. The van der Waals surface area contributed by atoms with Crippen molar-refractivity contribution in [2.45, 2.75) is 6.54 Å². The van der Waals surface area contributed by atoms with E-state index in [2.05, 4.69) is 26.1 Å². The lowest BCUT2D eigenvalue weighted by atomic mass is 10.3. The summed E-state index contributed by atoms with van der Waals surface area (Å²) in [7, 11) is 0. The maximum Gasteiger partial charge on any atom is 0.0967 e. The summed E-state index contributed by atoms with van der Waals surface area (Å²) in [6.07, 6.45) is 1.67. The van der Waals surface area contributed by atoms with Crippen LogP contribution in [0.3, 0.4) is 0 Å². The van der Waals surface area contributed by atoms with Crippen LogP contribution < -0.4 is 5.73 Å². The van der Waals surface area contributed by atoms with Gasteiger partial charge in [-0.3, -0.25) is 0 Å². The van der Waals surface area contributed by atoms with Gasteiger partial charge in [0.25, 0.3) is 0 Å². The molecule has 0 aliphatic carbocycles. The van der Waals surface area contributed by atoms with Crippen molar-refractivity contribution in [3.63, 3.8) is 0 Å². The fraction of sp³-hybridized carbons (Fsp3) is 0.111. The number of rotatable bonds is 2. The van der Waals surface area contributed by atoms with Crippen LogP contribution in [0.2, 0.25) is 0 Å². The molecule has 0 amide bonds. The van der Waals surface area contributed by atoms with Crippen LogP contribution in [-0.2, 0) is 6.54 Å². The summed E-state index contributed by atoms with van der Waals surface area (Å²) < 4.78 is 1.00. The molecule has 2 aromatic rings. The molecule has 0 bridgehead atoms. The van der Waals surface area contributed by atoms with Crippen molar-refractivity contribution in [2.75, 3.05) is 0 Å². The molecule has 2 N–H and O–H groups in total. The Morgan fingerprint density at radius 1 is 1.40 bits per heavy atom. The Morgan fingerprint density at radius 3 is 2.80 bits per heavy atom. The molecule has 1 heterocycles. The first-order valence-electron chi connectivity index (χ1n) is 4.17. The van der Waals surface area contributed by atoms with Crippen LogP contribution in [0.4, 0.5) is 0 Å². The molecule has 1 aromatic heterocycles. The Balaban J connectivity index is 0.00000112. The van der Waals surface area contributed by atoms with E-state index >= 15 is 0 Å². The highest BCUT2D eigenvalue weighted by Crippen LogP contribution is 2.13. The molecule has 2 rings (SSSR count). The van der Waals surface area contributed by atoms with Gasteiger partial charge in [-0.2, -0.15) is 15.0 Å². The van der Waals surface area contributed by atoms with Gasteiger partial charge in [-0.15, -0.1) is 12.4 Å². The normalized spacial score (nSPS) is 9.73. The first-order chi connectivity index (χ1) is 6.79. The molecule has 4 nitrogen and oxygen atoms in total. The Morgan fingerprint density at radius 2 is 2.20 bits per heavy atom. The number of aromatic nitrogens is 3. The number of halogens is 2. The number of nitrogens with zero attached hydrogens (tertiary/aromatic N) is 3. The van der Waals surface area contributed by atoms with Gasteiger partial charge < -0.3 is 5.73 Å². The molecule has 0 radical (unpaired) electrons. The van der Waals surface area contributed by atoms with Gasteiger partial charge in [0, 0.05) is 11.0 Å². The number of hydrogen-bond donors (Lipinski definition) is 1. The van der Waals surface area contributed by atoms with Crippen molar-refractivity contribution >= 4 is 28.3 Å². The monoisotopic (exact) mass is 288 g/mol. The molecule has 0 saturated carbocycles. The van der Waals surface area contributed by atoms with Gasteiger partial charge in [0.15, 0.2) is 0 Å². The molecule has 6 heteroatoms. The topological polar surface area (TPSA) is 56.7 Å². The van der Waals surface area contributed by atoms with Crippen LogP contribution >= 0.6 is 28.3 Å². The van der Waals surface area contributed by atoms with Gasteiger partial charge in [0.1, 0.15) is 0 Å². The quantitative estimate of drug-likeness (QED) is 0.919. The minimum Gasteiger partial charge on any atom is -0.325 e. The molecule has 0 saturated heterocycles. The van der Waals surface area contributed by atoms with Gasteiger partial charge in [0.05, 0.1) is 17.6 Å². The zero-order valence-corrected chi connectivity index (χ0v) is 10.2. The van der Waals surface area contributed by atoms with E-state index in [4.69, 9.17) is 5.73 Å².